The molecule has 1 amide bonds. The number of benzene rings is 1. The lowest BCUT2D eigenvalue weighted by molar-refractivity contribution is -0.124. The molecule has 2 N–H and O–H groups in total. The smallest absolute Gasteiger partial charge is 0.237 e. The predicted octanol–water partition coefficient (Wildman–Crippen LogP) is 1.69. The SMILES string of the molecule is Cl.Cl.O=C(NCc1ccccc1-n1ccnc1)C1CCN1. The molecule has 5 nitrogen and oxygen atoms in total. The zero-order chi connectivity index (χ0) is 13.1. The summed E-state index contributed by atoms with van der Waals surface area (Å²) in [5, 5.41) is 6.06. The Morgan fingerprint density at radius 2 is 2.14 bits per heavy atom. The first-order valence-electron chi connectivity index (χ1n) is 6.42. The Kier molecular flexibility index (Phi) is 6.68. The fourth-order valence-corrected chi connectivity index (χ4v) is 2.13. The second-order valence-electron chi connectivity index (χ2n) is 4.61. The molecular weight excluding hydrogens is 311 g/mol. The third kappa shape index (κ3) is 3.97. The molecule has 1 aromatic heterocycles. The van der Waals surface area contributed by atoms with Gasteiger partial charge in [0.25, 0.3) is 0 Å². The van der Waals surface area contributed by atoms with E-state index in [-0.39, 0.29) is 36.8 Å². The molecule has 0 spiro atoms. The van der Waals surface area contributed by atoms with Crippen molar-refractivity contribution in [3.05, 3.63) is 48.5 Å². The number of amides is 1. The molecule has 21 heavy (non-hydrogen) atoms. The number of rotatable bonds is 4. The van der Waals surface area contributed by atoms with E-state index < -0.39 is 0 Å². The highest BCUT2D eigenvalue weighted by Gasteiger charge is 2.23. The molecular formula is C14H18Cl2N4O. The Balaban J connectivity index is 0.00000110. The summed E-state index contributed by atoms with van der Waals surface area (Å²) in [4.78, 5) is 15.9. The number of hydrogen-bond acceptors (Lipinski definition) is 3. The van der Waals surface area contributed by atoms with Crippen molar-refractivity contribution in [3.63, 3.8) is 0 Å². The van der Waals surface area contributed by atoms with Crippen molar-refractivity contribution in [1.82, 2.24) is 20.2 Å². The highest BCUT2D eigenvalue weighted by atomic mass is 35.5. The van der Waals surface area contributed by atoms with Crippen molar-refractivity contribution < 1.29 is 4.79 Å². The Labute approximate surface area is 136 Å². The molecule has 1 unspecified atom stereocenters. The number of hydrogen-bond donors (Lipinski definition) is 2. The van der Waals surface area contributed by atoms with Crippen LogP contribution >= 0.6 is 24.8 Å². The molecule has 1 saturated heterocycles. The molecule has 0 bridgehead atoms. The third-order valence-electron chi connectivity index (χ3n) is 3.37. The molecule has 1 atom stereocenters. The van der Waals surface area contributed by atoms with Crippen LogP contribution in [0.1, 0.15) is 12.0 Å². The van der Waals surface area contributed by atoms with E-state index in [1.165, 1.54) is 0 Å². The van der Waals surface area contributed by atoms with Crippen LogP contribution in [-0.4, -0.2) is 28.0 Å². The molecule has 1 aliphatic heterocycles. The van der Waals surface area contributed by atoms with Crippen molar-refractivity contribution in [2.75, 3.05) is 6.54 Å². The molecule has 1 fully saturated rings. The van der Waals surface area contributed by atoms with Crippen molar-refractivity contribution in [1.29, 1.82) is 0 Å². The first-order valence-corrected chi connectivity index (χ1v) is 6.42. The Bertz CT molecular complexity index is 570. The van der Waals surface area contributed by atoms with Gasteiger partial charge in [-0.1, -0.05) is 18.2 Å². The van der Waals surface area contributed by atoms with Gasteiger partial charge in [0.15, 0.2) is 0 Å². The molecule has 3 rings (SSSR count). The zero-order valence-electron chi connectivity index (χ0n) is 11.4. The summed E-state index contributed by atoms with van der Waals surface area (Å²) in [5.41, 5.74) is 2.12. The number of nitrogens with zero attached hydrogens (tertiary/aromatic N) is 2. The van der Waals surface area contributed by atoms with Crippen LogP contribution < -0.4 is 10.6 Å². The minimum absolute atomic E-state index is 0. The number of carbonyl (C=O) groups is 1. The summed E-state index contributed by atoms with van der Waals surface area (Å²) < 4.78 is 1.95. The van der Waals surface area contributed by atoms with Gasteiger partial charge < -0.3 is 15.2 Å². The predicted molar refractivity (Wildman–Crippen MR) is 86.3 cm³/mol. The summed E-state index contributed by atoms with van der Waals surface area (Å²) in [6, 6.07) is 7.98. The molecule has 0 radical (unpaired) electrons. The average Bonchev–Trinajstić information content (AvgIpc) is 2.88. The van der Waals surface area contributed by atoms with Crippen molar-refractivity contribution >= 4 is 30.7 Å². The van der Waals surface area contributed by atoms with E-state index >= 15 is 0 Å². The molecule has 0 aliphatic carbocycles. The Morgan fingerprint density at radius 1 is 1.38 bits per heavy atom. The number of aromatic nitrogens is 2. The van der Waals surface area contributed by atoms with Crippen molar-refractivity contribution in [2.45, 2.75) is 19.0 Å². The van der Waals surface area contributed by atoms with Crippen LogP contribution in [0.3, 0.4) is 0 Å². The van der Waals surface area contributed by atoms with Gasteiger partial charge in [0.05, 0.1) is 18.1 Å². The van der Waals surface area contributed by atoms with Gasteiger partial charge in [0, 0.05) is 18.9 Å². The first kappa shape index (κ1) is 17.5. The minimum atomic E-state index is -0.0135. The maximum absolute atomic E-state index is 11.8. The van der Waals surface area contributed by atoms with Crippen LogP contribution in [0, 0.1) is 0 Å². The van der Waals surface area contributed by atoms with Crippen LogP contribution in [0.15, 0.2) is 43.0 Å². The van der Waals surface area contributed by atoms with Crippen molar-refractivity contribution in [3.8, 4) is 5.69 Å². The zero-order valence-corrected chi connectivity index (χ0v) is 13.0. The standard InChI is InChI=1S/C14H16N4O.2ClH/c19-14(12-5-6-16-12)17-9-11-3-1-2-4-13(11)18-8-7-15-10-18;;/h1-4,7-8,10,12,16H,5-6,9H2,(H,17,19);2*1H. The molecule has 1 aliphatic rings. The first-order chi connectivity index (χ1) is 9.34. The maximum atomic E-state index is 11.8. The van der Waals surface area contributed by atoms with Crippen molar-refractivity contribution in [2.24, 2.45) is 0 Å². The van der Waals surface area contributed by atoms with Gasteiger partial charge in [0.2, 0.25) is 5.91 Å². The summed E-state index contributed by atoms with van der Waals surface area (Å²) in [6.45, 7) is 1.47. The lowest BCUT2D eigenvalue weighted by Gasteiger charge is -2.26. The van der Waals surface area contributed by atoms with Gasteiger partial charge in [-0.2, -0.15) is 0 Å². The van der Waals surface area contributed by atoms with E-state index in [1.807, 2.05) is 35.0 Å². The maximum Gasteiger partial charge on any atom is 0.237 e. The second kappa shape index (κ2) is 8.02. The lowest BCUT2D eigenvalue weighted by atomic mass is 10.1. The third-order valence-corrected chi connectivity index (χ3v) is 3.37. The number of imidazole rings is 1. The van der Waals surface area contributed by atoms with E-state index in [0.717, 1.165) is 24.2 Å². The topological polar surface area (TPSA) is 59.0 Å². The number of para-hydroxylation sites is 1. The average molecular weight is 329 g/mol. The Morgan fingerprint density at radius 3 is 2.76 bits per heavy atom. The number of carbonyl (C=O) groups excluding carboxylic acids is 1. The molecule has 2 aromatic rings. The van der Waals surface area contributed by atoms with E-state index in [9.17, 15) is 4.79 Å². The molecule has 0 saturated carbocycles. The monoisotopic (exact) mass is 328 g/mol. The van der Waals surface area contributed by atoms with Crippen LogP contribution in [0.25, 0.3) is 5.69 Å². The quantitative estimate of drug-likeness (QED) is 0.898. The van der Waals surface area contributed by atoms with Crippen LogP contribution in [0.2, 0.25) is 0 Å². The molecule has 2 heterocycles. The van der Waals surface area contributed by atoms with Gasteiger partial charge in [-0.05, 0) is 24.6 Å². The second-order valence-corrected chi connectivity index (χ2v) is 4.61. The molecule has 1 aromatic carbocycles. The summed E-state index contributed by atoms with van der Waals surface area (Å²) in [7, 11) is 0. The van der Waals surface area contributed by atoms with Gasteiger partial charge in [0.1, 0.15) is 0 Å². The van der Waals surface area contributed by atoms with E-state index in [0.29, 0.717) is 6.54 Å². The number of nitrogens with one attached hydrogen (secondary N) is 2. The summed E-state index contributed by atoms with van der Waals surface area (Å²) in [5.74, 6) is 0.0756. The molecule has 114 valence electrons. The highest BCUT2D eigenvalue weighted by Crippen LogP contribution is 2.14. The van der Waals surface area contributed by atoms with E-state index in [4.69, 9.17) is 0 Å². The number of halogens is 2. The molecule has 7 heteroatoms. The van der Waals surface area contributed by atoms with Gasteiger partial charge in [-0.15, -0.1) is 24.8 Å². The van der Waals surface area contributed by atoms with Crippen LogP contribution in [-0.2, 0) is 11.3 Å². The minimum Gasteiger partial charge on any atom is -0.351 e. The summed E-state index contributed by atoms with van der Waals surface area (Å²) in [6.07, 6.45) is 6.32. The fraction of sp³-hybridized carbons (Fsp3) is 0.286. The van der Waals surface area contributed by atoms with E-state index in [2.05, 4.69) is 15.6 Å². The van der Waals surface area contributed by atoms with Gasteiger partial charge in [-0.3, -0.25) is 4.79 Å². The largest absolute Gasteiger partial charge is 0.351 e. The highest BCUT2D eigenvalue weighted by molar-refractivity contribution is 5.85. The van der Waals surface area contributed by atoms with Gasteiger partial charge in [-0.25, -0.2) is 4.98 Å². The fourth-order valence-electron chi connectivity index (χ4n) is 2.13. The lowest BCUT2D eigenvalue weighted by Crippen LogP contribution is -2.53. The van der Waals surface area contributed by atoms with Crippen LogP contribution in [0.4, 0.5) is 0 Å². The van der Waals surface area contributed by atoms with Crippen LogP contribution in [0.5, 0.6) is 0 Å². The van der Waals surface area contributed by atoms with E-state index in [1.54, 1.807) is 12.5 Å². The summed E-state index contributed by atoms with van der Waals surface area (Å²) >= 11 is 0. The van der Waals surface area contributed by atoms with Gasteiger partial charge >= 0.3 is 0 Å². The Hall–Kier alpha value is -1.56. The normalized spacial score (nSPS) is 16.1.